The minimum atomic E-state index is -0.335. The average molecular weight is 249 g/mol. The number of para-hydroxylation sites is 1. The molecule has 96 valence electrons. The second kappa shape index (κ2) is 4.71. The molecule has 3 rings (SSSR count). The van der Waals surface area contributed by atoms with Crippen LogP contribution in [0.1, 0.15) is 24.6 Å². The molecule has 1 aliphatic rings. The Hall–Kier alpha value is -1.39. The van der Waals surface area contributed by atoms with Crippen molar-refractivity contribution >= 4 is 11.0 Å². The summed E-state index contributed by atoms with van der Waals surface area (Å²) in [6.45, 7) is 1.49. The molecule has 1 saturated heterocycles. The van der Waals surface area contributed by atoms with Crippen LogP contribution in [0.25, 0.3) is 11.0 Å². The van der Waals surface area contributed by atoms with Crippen LogP contribution in [0.4, 0.5) is 4.39 Å². The number of furan rings is 1. The van der Waals surface area contributed by atoms with Gasteiger partial charge in [0.25, 0.3) is 0 Å². The molecule has 1 aromatic carbocycles. The first-order valence-corrected chi connectivity index (χ1v) is 6.27. The summed E-state index contributed by atoms with van der Waals surface area (Å²) in [6.07, 6.45) is 1.86. The highest BCUT2D eigenvalue weighted by Gasteiger charge is 2.25. The van der Waals surface area contributed by atoms with Gasteiger partial charge in [-0.05, 0) is 30.9 Å². The van der Waals surface area contributed by atoms with Gasteiger partial charge in [-0.2, -0.15) is 0 Å². The van der Waals surface area contributed by atoms with Crippen molar-refractivity contribution in [3.63, 3.8) is 0 Å². The molecule has 0 spiro atoms. The lowest BCUT2D eigenvalue weighted by atomic mass is 9.91. The Balaban J connectivity index is 1.91. The van der Waals surface area contributed by atoms with E-state index >= 15 is 0 Å². The number of nitrogens with two attached hydrogens (primary N) is 1. The molecule has 2 aromatic rings. The SMILES string of the molecule is NC(c1cc2cccc(F)c2o1)C1CCOCC1. The van der Waals surface area contributed by atoms with Crippen LogP contribution in [0, 0.1) is 11.7 Å². The summed E-state index contributed by atoms with van der Waals surface area (Å²) in [7, 11) is 0. The number of hydrogen-bond donors (Lipinski definition) is 1. The van der Waals surface area contributed by atoms with Crippen LogP contribution in [0.3, 0.4) is 0 Å². The number of benzene rings is 1. The predicted octanol–water partition coefficient (Wildman–Crippen LogP) is 3.00. The van der Waals surface area contributed by atoms with Crippen molar-refractivity contribution in [1.82, 2.24) is 0 Å². The molecule has 2 N–H and O–H groups in total. The van der Waals surface area contributed by atoms with Gasteiger partial charge in [-0.3, -0.25) is 0 Å². The minimum absolute atomic E-state index is 0.180. The van der Waals surface area contributed by atoms with Crippen molar-refractivity contribution < 1.29 is 13.5 Å². The maximum absolute atomic E-state index is 13.6. The van der Waals surface area contributed by atoms with Gasteiger partial charge in [-0.25, -0.2) is 4.39 Å². The maximum atomic E-state index is 13.6. The Kier molecular flexibility index (Phi) is 3.06. The lowest BCUT2D eigenvalue weighted by Gasteiger charge is -2.26. The second-order valence-electron chi connectivity index (χ2n) is 4.78. The molecule has 0 amide bonds. The third-order valence-electron chi connectivity index (χ3n) is 3.62. The van der Waals surface area contributed by atoms with Crippen molar-refractivity contribution in [1.29, 1.82) is 0 Å². The molecule has 0 saturated carbocycles. The molecule has 4 heteroatoms. The van der Waals surface area contributed by atoms with Crippen LogP contribution in [-0.4, -0.2) is 13.2 Å². The first kappa shape index (κ1) is 11.7. The van der Waals surface area contributed by atoms with Gasteiger partial charge in [0.2, 0.25) is 0 Å². The Morgan fingerprint density at radius 2 is 2.06 bits per heavy atom. The van der Waals surface area contributed by atoms with Crippen LogP contribution in [0.2, 0.25) is 0 Å². The average Bonchev–Trinajstić information content (AvgIpc) is 2.84. The predicted molar refractivity (Wildman–Crippen MR) is 66.6 cm³/mol. The molecule has 1 aromatic heterocycles. The lowest BCUT2D eigenvalue weighted by Crippen LogP contribution is -2.27. The van der Waals surface area contributed by atoms with Gasteiger partial charge in [-0.15, -0.1) is 0 Å². The lowest BCUT2D eigenvalue weighted by molar-refractivity contribution is 0.0561. The molecule has 2 heterocycles. The minimum Gasteiger partial charge on any atom is -0.456 e. The maximum Gasteiger partial charge on any atom is 0.169 e. The van der Waals surface area contributed by atoms with Gasteiger partial charge in [0.15, 0.2) is 11.4 Å². The van der Waals surface area contributed by atoms with Crippen LogP contribution in [0.15, 0.2) is 28.7 Å². The van der Waals surface area contributed by atoms with E-state index in [1.54, 1.807) is 6.07 Å². The fourth-order valence-corrected chi connectivity index (χ4v) is 2.52. The number of rotatable bonds is 2. The van der Waals surface area contributed by atoms with Gasteiger partial charge in [0.05, 0.1) is 6.04 Å². The Morgan fingerprint density at radius 1 is 1.28 bits per heavy atom. The highest BCUT2D eigenvalue weighted by atomic mass is 19.1. The van der Waals surface area contributed by atoms with Crippen molar-refractivity contribution in [2.75, 3.05) is 13.2 Å². The summed E-state index contributed by atoms with van der Waals surface area (Å²) in [6, 6.07) is 6.58. The Bertz CT molecular complexity index is 546. The van der Waals surface area contributed by atoms with Crippen molar-refractivity contribution in [3.05, 3.63) is 35.8 Å². The summed E-state index contributed by atoms with van der Waals surface area (Å²) in [5, 5.41) is 0.771. The second-order valence-corrected chi connectivity index (χ2v) is 4.78. The fraction of sp³-hybridized carbons (Fsp3) is 0.429. The number of halogens is 1. The monoisotopic (exact) mass is 249 g/mol. The molecule has 0 bridgehead atoms. The first-order valence-electron chi connectivity index (χ1n) is 6.27. The van der Waals surface area contributed by atoms with E-state index in [0.29, 0.717) is 17.3 Å². The quantitative estimate of drug-likeness (QED) is 0.890. The zero-order chi connectivity index (χ0) is 12.5. The molecule has 18 heavy (non-hydrogen) atoms. The smallest absolute Gasteiger partial charge is 0.169 e. The molecular weight excluding hydrogens is 233 g/mol. The third kappa shape index (κ3) is 2.02. The summed E-state index contributed by atoms with van der Waals surface area (Å²) in [5.41, 5.74) is 6.51. The van der Waals surface area contributed by atoms with Gasteiger partial charge in [-0.1, -0.05) is 12.1 Å². The Labute approximate surface area is 105 Å². The summed E-state index contributed by atoms with van der Waals surface area (Å²) in [5.74, 6) is 0.683. The van der Waals surface area contributed by atoms with Gasteiger partial charge >= 0.3 is 0 Å². The molecular formula is C14H16FNO2. The molecule has 1 aliphatic heterocycles. The van der Waals surface area contributed by atoms with E-state index in [1.807, 2.05) is 12.1 Å². The molecule has 1 atom stereocenters. The summed E-state index contributed by atoms with van der Waals surface area (Å²) in [4.78, 5) is 0. The van der Waals surface area contributed by atoms with Gasteiger partial charge in [0.1, 0.15) is 5.76 Å². The van der Waals surface area contributed by atoms with Crippen LogP contribution >= 0.6 is 0 Å². The van der Waals surface area contributed by atoms with E-state index in [9.17, 15) is 4.39 Å². The van der Waals surface area contributed by atoms with E-state index in [-0.39, 0.29) is 11.9 Å². The number of hydrogen-bond acceptors (Lipinski definition) is 3. The molecule has 0 aliphatic carbocycles. The standard InChI is InChI=1S/C14H16FNO2/c15-11-3-1-2-10-8-12(18-14(10)11)13(16)9-4-6-17-7-5-9/h1-3,8-9,13H,4-7,16H2. The normalized spacial score (nSPS) is 19.2. The van der Waals surface area contributed by atoms with E-state index < -0.39 is 0 Å². The summed E-state index contributed by atoms with van der Waals surface area (Å²) < 4.78 is 24.4. The zero-order valence-electron chi connectivity index (χ0n) is 10.1. The summed E-state index contributed by atoms with van der Waals surface area (Å²) >= 11 is 0. The highest BCUT2D eigenvalue weighted by molar-refractivity contribution is 5.78. The topological polar surface area (TPSA) is 48.4 Å². The largest absolute Gasteiger partial charge is 0.456 e. The molecule has 1 unspecified atom stereocenters. The number of fused-ring (bicyclic) bond motifs is 1. The highest BCUT2D eigenvalue weighted by Crippen LogP contribution is 2.32. The Morgan fingerprint density at radius 3 is 2.78 bits per heavy atom. The van der Waals surface area contributed by atoms with Crippen LogP contribution in [-0.2, 0) is 4.74 Å². The van der Waals surface area contributed by atoms with Crippen LogP contribution in [0.5, 0.6) is 0 Å². The van der Waals surface area contributed by atoms with Crippen LogP contribution < -0.4 is 5.73 Å². The molecule has 3 nitrogen and oxygen atoms in total. The number of ether oxygens (including phenoxy) is 1. The zero-order valence-corrected chi connectivity index (χ0v) is 10.1. The van der Waals surface area contributed by atoms with Gasteiger partial charge < -0.3 is 14.9 Å². The fourth-order valence-electron chi connectivity index (χ4n) is 2.52. The molecule has 1 fully saturated rings. The van der Waals surface area contributed by atoms with Gasteiger partial charge in [0, 0.05) is 18.6 Å². The van der Waals surface area contributed by atoms with E-state index in [2.05, 4.69) is 0 Å². The van der Waals surface area contributed by atoms with Crippen molar-refractivity contribution in [2.45, 2.75) is 18.9 Å². The van der Waals surface area contributed by atoms with E-state index in [4.69, 9.17) is 14.9 Å². The first-order chi connectivity index (χ1) is 8.75. The van der Waals surface area contributed by atoms with Crippen molar-refractivity contribution in [2.24, 2.45) is 11.7 Å². The molecule has 0 radical (unpaired) electrons. The van der Waals surface area contributed by atoms with Crippen molar-refractivity contribution in [3.8, 4) is 0 Å². The van der Waals surface area contributed by atoms with E-state index in [1.165, 1.54) is 6.07 Å². The third-order valence-corrected chi connectivity index (χ3v) is 3.62. The van der Waals surface area contributed by atoms with E-state index in [0.717, 1.165) is 31.4 Å².